The molecule has 14 atom stereocenters. The number of alkyl halides is 26. The third-order valence-electron chi connectivity index (χ3n) is 21.9. The second-order valence-corrected chi connectivity index (χ2v) is 34.4. The minimum atomic E-state index is -8.00. The van der Waals surface area contributed by atoms with Gasteiger partial charge in [-0.2, -0.15) is 138 Å². The second-order valence-electron chi connectivity index (χ2n) is 30.3. The van der Waals surface area contributed by atoms with Crippen LogP contribution in [0.4, 0.5) is 114 Å². The average Bonchev–Trinajstić information content (AvgIpc) is 0.979. The Bertz CT molecular complexity index is 3680. The molecular formula is C80H102F26O15S3-2. The fourth-order valence-corrected chi connectivity index (χ4v) is 18.8. The summed E-state index contributed by atoms with van der Waals surface area (Å²) in [5.74, 6) is -90.5. The highest BCUT2D eigenvalue weighted by Gasteiger charge is 2.93. The van der Waals surface area contributed by atoms with Crippen molar-refractivity contribution in [2.24, 2.45) is 71.0 Å². The summed E-state index contributed by atoms with van der Waals surface area (Å²) in [6.45, 7) is 6.35. The number of methoxy groups -OCH3 is 2. The molecule has 15 nitrogen and oxygen atoms in total. The van der Waals surface area contributed by atoms with E-state index in [-0.39, 0.29) is 112 Å². The number of carboxylic acids is 1. The van der Waals surface area contributed by atoms with Gasteiger partial charge in [-0.05, 0) is 161 Å². The molecule has 0 radical (unpaired) electrons. The summed E-state index contributed by atoms with van der Waals surface area (Å²) >= 11 is 2.44. The van der Waals surface area contributed by atoms with Crippen LogP contribution in [0.3, 0.4) is 0 Å². The molecule has 0 bridgehead atoms. The lowest BCUT2D eigenvalue weighted by Crippen LogP contribution is -2.71. The molecular weight excluding hydrogens is 1790 g/mol. The van der Waals surface area contributed by atoms with E-state index in [0.717, 1.165) is 35.8 Å². The Hall–Kier alpha value is -5.06. The maximum absolute atomic E-state index is 15.7. The normalized spacial score (nSPS) is 24.0. The van der Waals surface area contributed by atoms with Gasteiger partial charge < -0.3 is 61.8 Å². The number of ether oxygens (including phenoxy) is 10. The van der Waals surface area contributed by atoms with Gasteiger partial charge >= 0.3 is 71.6 Å². The van der Waals surface area contributed by atoms with E-state index >= 15 is 35.1 Å². The van der Waals surface area contributed by atoms with Crippen molar-refractivity contribution in [3.05, 3.63) is 121 Å². The van der Waals surface area contributed by atoms with Crippen LogP contribution in [0.25, 0.3) is 0 Å². The Kier molecular flexibility index (Phi) is 42.5. The SMILES string of the molecule is CCO/C=C\C1CC(/C=C/C2CC(C(Cc3ccccc3)SCC(=O)[O-])CC2COCCOCCOCCOC)CC1C(F)(F)C(F)(F)C(F)(F)C(F)(F)C(F)(F)C(F)(F)F.CCO/C=C\C1CC(/C=C/C2CC(C(Cc3ccccc3)SCCS(=O)(=O)[O-])CC2COCCOCCOCCOC)CC1C(F)(F)C(F)(F)C(F)(F)C(F)(F)C(F)(F)C(F)(F)F. The van der Waals surface area contributed by atoms with Crippen molar-refractivity contribution < 1.29 is 184 Å². The number of allylic oxidation sites excluding steroid dienone is 6. The van der Waals surface area contributed by atoms with Crippen molar-refractivity contribution in [3.8, 4) is 0 Å². The van der Waals surface area contributed by atoms with E-state index < -0.39 is 166 Å². The summed E-state index contributed by atoms with van der Waals surface area (Å²) in [7, 11) is -1.50. The molecule has 4 aliphatic rings. The monoisotopic (exact) mass is 1890 g/mol. The van der Waals surface area contributed by atoms with Crippen molar-refractivity contribution in [2.45, 2.75) is 160 Å². The number of carboxylic acid groups (broad SMARTS) is 1. The van der Waals surface area contributed by atoms with E-state index in [4.69, 9.17) is 47.4 Å². The Morgan fingerprint density at radius 3 is 1.05 bits per heavy atom. The number of hydrogen-bond acceptors (Lipinski definition) is 17. The number of aliphatic carboxylic acids is 1. The van der Waals surface area contributed by atoms with Crippen LogP contribution in [0, 0.1) is 71.0 Å². The van der Waals surface area contributed by atoms with E-state index in [1.54, 1.807) is 30.4 Å². The molecule has 4 fully saturated rings. The van der Waals surface area contributed by atoms with Gasteiger partial charge in [-0.25, -0.2) is 8.42 Å². The summed E-state index contributed by atoms with van der Waals surface area (Å²) in [5, 5.41) is 11.0. The molecule has 0 aromatic heterocycles. The number of carbonyl (C=O) groups excluding carboxylic acids is 1. The Morgan fingerprint density at radius 2 is 0.734 bits per heavy atom. The lowest BCUT2D eigenvalue weighted by Gasteiger charge is -2.42. The quantitative estimate of drug-likeness (QED) is 0.0200. The fraction of sp³-hybridized carbons (Fsp3) is 0.738. The van der Waals surface area contributed by atoms with E-state index in [1.165, 1.54) is 63.7 Å². The first-order chi connectivity index (χ1) is 57.7. The Balaban J connectivity index is 0.000000441. The van der Waals surface area contributed by atoms with Gasteiger partial charge in [-0.15, -0.1) is 0 Å². The predicted octanol–water partition coefficient (Wildman–Crippen LogP) is 18.6. The highest BCUT2D eigenvalue weighted by molar-refractivity contribution is 8.01. The first-order valence-electron chi connectivity index (χ1n) is 39.4. The molecule has 124 heavy (non-hydrogen) atoms. The molecule has 0 aliphatic heterocycles. The topological polar surface area (TPSA) is 190 Å². The van der Waals surface area contributed by atoms with Crippen LogP contribution in [0.1, 0.15) is 76.3 Å². The van der Waals surface area contributed by atoms with E-state index in [0.29, 0.717) is 78.2 Å². The minimum absolute atomic E-state index is 0.0220. The molecule has 4 saturated carbocycles. The maximum atomic E-state index is 15.7. The van der Waals surface area contributed by atoms with Crippen LogP contribution in [0.2, 0.25) is 0 Å². The van der Waals surface area contributed by atoms with Gasteiger partial charge in [0, 0.05) is 53.8 Å². The molecule has 0 saturated heterocycles. The highest BCUT2D eigenvalue weighted by Crippen LogP contribution is 2.66. The molecule has 14 unspecified atom stereocenters. The number of carbonyl (C=O) groups is 1. The molecule has 44 heteroatoms. The Labute approximate surface area is 710 Å². The van der Waals surface area contributed by atoms with Gasteiger partial charge in [0.2, 0.25) is 0 Å². The number of thioether (sulfide) groups is 2. The minimum Gasteiger partial charge on any atom is -0.748 e. The first kappa shape index (κ1) is 109. The summed E-state index contributed by atoms with van der Waals surface area (Å²) in [6, 6.07) is 18.3. The van der Waals surface area contributed by atoms with E-state index in [9.17, 15) is 102 Å². The predicted molar refractivity (Wildman–Crippen MR) is 401 cm³/mol. The van der Waals surface area contributed by atoms with Crippen molar-refractivity contribution in [1.29, 1.82) is 0 Å². The van der Waals surface area contributed by atoms with Crippen LogP contribution >= 0.6 is 23.5 Å². The molecule has 714 valence electrons. The summed E-state index contributed by atoms with van der Waals surface area (Å²) in [4.78, 5) is 11.5. The van der Waals surface area contributed by atoms with Crippen molar-refractivity contribution in [2.75, 3.05) is 137 Å². The number of rotatable bonds is 55. The van der Waals surface area contributed by atoms with E-state index in [1.807, 2.05) is 42.5 Å². The van der Waals surface area contributed by atoms with Crippen molar-refractivity contribution >= 4 is 39.6 Å². The van der Waals surface area contributed by atoms with Gasteiger partial charge in [0.15, 0.2) is 0 Å². The molecule has 0 amide bonds. The summed E-state index contributed by atoms with van der Waals surface area (Å²) in [6.07, 6.45) is -6.41. The molecule has 6 rings (SSSR count). The molecule has 0 spiro atoms. The van der Waals surface area contributed by atoms with Gasteiger partial charge in [0.1, 0.15) is 0 Å². The highest BCUT2D eigenvalue weighted by atomic mass is 32.2. The van der Waals surface area contributed by atoms with Gasteiger partial charge in [-0.3, -0.25) is 0 Å². The zero-order valence-corrected chi connectivity index (χ0v) is 70.1. The van der Waals surface area contributed by atoms with Crippen molar-refractivity contribution in [1.82, 2.24) is 0 Å². The van der Waals surface area contributed by atoms with Crippen LogP contribution < -0.4 is 5.11 Å². The van der Waals surface area contributed by atoms with E-state index in [2.05, 4.69) is 0 Å². The van der Waals surface area contributed by atoms with Crippen LogP contribution in [-0.4, -0.2) is 238 Å². The van der Waals surface area contributed by atoms with Crippen LogP contribution in [0.5, 0.6) is 0 Å². The first-order valence-corrected chi connectivity index (χ1v) is 43.1. The van der Waals surface area contributed by atoms with Gasteiger partial charge in [0.25, 0.3) is 0 Å². The molecule has 4 aliphatic carbocycles. The number of benzene rings is 2. The molecule has 0 heterocycles. The summed E-state index contributed by atoms with van der Waals surface area (Å²) in [5.41, 5.74) is 1.82. The van der Waals surface area contributed by atoms with Gasteiger partial charge in [0.05, 0.1) is 134 Å². The van der Waals surface area contributed by atoms with Crippen LogP contribution in [-0.2, 0) is 75.1 Å². The van der Waals surface area contributed by atoms with Crippen molar-refractivity contribution in [3.63, 3.8) is 0 Å². The lowest BCUT2D eigenvalue weighted by molar-refractivity contribution is -0.443. The molecule has 2 aromatic carbocycles. The van der Waals surface area contributed by atoms with Crippen LogP contribution in [0.15, 0.2) is 110 Å². The Morgan fingerprint density at radius 1 is 0.411 bits per heavy atom. The average molecular weight is 1890 g/mol. The largest absolute Gasteiger partial charge is 0.748 e. The number of halogens is 26. The second kappa shape index (κ2) is 48.2. The number of hydrogen-bond donors (Lipinski definition) is 0. The summed E-state index contributed by atoms with van der Waals surface area (Å²) < 4.78 is 456. The lowest BCUT2D eigenvalue weighted by atomic mass is 9.82. The zero-order valence-electron chi connectivity index (χ0n) is 67.7. The standard InChI is InChI=1S/C40H53F13O8S2.C40H51F13O7S/c1-3-58-12-11-30-21-28(22-33(30)35(41,42)36(43,44)37(45,46)38(47,48)39(49,50)40(51,52)53)9-10-29-24-31(25-32(29)26-61-18-17-60-16-15-59-14-13-57-2)34(62-19-20-63(54,55)56)23-27-7-5-4-6-8-27;1-3-57-12-11-29-19-27(20-32(29)35(41,42)36(43,44)37(45,46)38(47,48)39(49,50)40(51,52)53)9-10-28-22-30(33(61-25-34(54)55)21-26-7-5-4-6-8-26)23-31(28)24-60-18-17-59-16-15-58-14-13-56-2/h4-12,28-34H,3,13-26H2,1-2H3,(H,54,55,56);4-12,27-33H,3,13-25H2,1-2H3,(H,54,55)/p-2/b2*10-9+,12-11-. The fourth-order valence-electron chi connectivity index (χ4n) is 15.3. The van der Waals surface area contributed by atoms with Gasteiger partial charge in [-0.1, -0.05) is 85.0 Å². The zero-order chi connectivity index (χ0) is 93.0. The third kappa shape index (κ3) is 29.0. The smallest absolute Gasteiger partial charge is 0.460 e. The maximum Gasteiger partial charge on any atom is 0.460 e. The molecule has 0 N–H and O–H groups in total. The molecule has 2 aromatic rings. The third-order valence-corrected chi connectivity index (χ3v) is 25.6.